The van der Waals surface area contributed by atoms with Gasteiger partial charge in [-0.3, -0.25) is 0 Å². The van der Waals surface area contributed by atoms with Gasteiger partial charge in [0.2, 0.25) is 0 Å². The summed E-state index contributed by atoms with van der Waals surface area (Å²) < 4.78 is 3.45. The summed E-state index contributed by atoms with van der Waals surface area (Å²) in [5, 5.41) is 8.44. The molecule has 0 fully saturated rings. The molecule has 92 valence electrons. The van der Waals surface area contributed by atoms with Crippen molar-refractivity contribution < 1.29 is 5.11 Å². The van der Waals surface area contributed by atoms with Crippen LogP contribution < -0.4 is 0 Å². The lowest BCUT2D eigenvalue weighted by Gasteiger charge is -2.01. The zero-order valence-electron chi connectivity index (χ0n) is 8.56. The van der Waals surface area contributed by atoms with Gasteiger partial charge in [0.05, 0.1) is 6.61 Å². The molecule has 0 saturated heterocycles. The average Bonchev–Trinajstić information content (AvgIpc) is 2.15. The normalized spacial score (nSPS) is 12.7. The molecule has 0 aromatic heterocycles. The molecular formula is C11H21I3O. The number of allylic oxidation sites excluding steroid dienone is 1. The predicted octanol–water partition coefficient (Wildman–Crippen LogP) is 5.21. The molecule has 2 atom stereocenters. The summed E-state index contributed by atoms with van der Waals surface area (Å²) in [6, 6.07) is 0. The topological polar surface area (TPSA) is 20.2 Å². The molecule has 0 spiro atoms. The molecule has 0 rings (SSSR count). The molecule has 1 N–H and O–H groups in total. The van der Waals surface area contributed by atoms with Crippen LogP contribution in [0.5, 0.6) is 0 Å². The Balaban J connectivity index is -0.000000180. The number of hydrogen-bond acceptors (Lipinski definition) is 1. The Kier molecular flexibility index (Phi) is 20.0. The van der Waals surface area contributed by atoms with Gasteiger partial charge in [0.15, 0.2) is 0 Å². The summed E-state index contributed by atoms with van der Waals surface area (Å²) in [6.07, 6.45) is 0. The van der Waals surface area contributed by atoms with Gasteiger partial charge in [-0.25, -0.2) is 0 Å². The first kappa shape index (κ1) is 21.9. The second-order valence-corrected chi connectivity index (χ2v) is 6.68. The maximum absolute atomic E-state index is 8.44. The lowest BCUT2D eigenvalue weighted by atomic mass is 10.2. The quantitative estimate of drug-likeness (QED) is 0.377. The minimum absolute atomic E-state index is 0. The molecule has 0 aromatic rings. The third-order valence-corrected chi connectivity index (χ3v) is 5.02. The maximum atomic E-state index is 8.44. The second-order valence-electron chi connectivity index (χ2n) is 3.03. The Morgan fingerprint density at radius 2 is 1.47 bits per heavy atom. The van der Waals surface area contributed by atoms with E-state index in [-0.39, 0.29) is 20.0 Å². The van der Waals surface area contributed by atoms with Crippen LogP contribution in [0.1, 0.15) is 21.3 Å². The van der Waals surface area contributed by atoms with Gasteiger partial charge in [0, 0.05) is 10.3 Å². The van der Waals surface area contributed by atoms with E-state index in [4.69, 9.17) is 5.11 Å². The van der Waals surface area contributed by atoms with Gasteiger partial charge in [-0.1, -0.05) is 57.0 Å². The molecule has 0 amide bonds. The molecule has 0 aromatic carbocycles. The number of halogens is 3. The summed E-state index contributed by atoms with van der Waals surface area (Å²) in [7, 11) is 0. The zero-order chi connectivity index (χ0) is 11.7. The molecule has 0 unspecified atom stereocenters. The van der Waals surface area contributed by atoms with Crippen molar-refractivity contribution in [2.24, 2.45) is 11.8 Å². The number of rotatable bonds is 4. The lowest BCUT2D eigenvalue weighted by molar-refractivity contribution is 0.261. The van der Waals surface area contributed by atoms with Crippen LogP contribution in [-0.4, -0.2) is 16.1 Å². The summed E-state index contributed by atoms with van der Waals surface area (Å²) in [5.41, 5.74) is 0. The molecule has 0 aliphatic carbocycles. The van der Waals surface area contributed by atoms with Gasteiger partial charge in [0.25, 0.3) is 0 Å². The van der Waals surface area contributed by atoms with Gasteiger partial charge in [-0.2, -0.15) is 0 Å². The molecule has 0 heterocycles. The molecule has 0 aliphatic rings. The largest absolute Gasteiger partial charge is 0.396 e. The Labute approximate surface area is 136 Å². The van der Waals surface area contributed by atoms with Crippen LogP contribution in [0.4, 0.5) is 0 Å². The van der Waals surface area contributed by atoms with Gasteiger partial charge in [0.1, 0.15) is 0 Å². The Morgan fingerprint density at radius 1 is 1.13 bits per heavy atom. The highest BCUT2D eigenvalue weighted by Crippen LogP contribution is 2.16. The molecule has 1 nitrogen and oxygen atoms in total. The number of alkyl halides is 1. The van der Waals surface area contributed by atoms with Crippen LogP contribution in [0.25, 0.3) is 0 Å². The third-order valence-electron chi connectivity index (χ3n) is 1.57. The monoisotopic (exact) mass is 550 g/mol. The zero-order valence-corrected chi connectivity index (χ0v) is 15.0. The molecule has 15 heavy (non-hydrogen) atoms. The van der Waals surface area contributed by atoms with E-state index in [1.54, 1.807) is 0 Å². The van der Waals surface area contributed by atoms with E-state index in [1.165, 1.54) is 8.01 Å². The molecule has 0 radical (unpaired) electrons. The van der Waals surface area contributed by atoms with Crippen molar-refractivity contribution in [2.45, 2.75) is 21.3 Å². The van der Waals surface area contributed by atoms with E-state index in [0.29, 0.717) is 5.92 Å². The predicted molar refractivity (Wildman–Crippen MR) is 97.4 cm³/mol. The van der Waals surface area contributed by atoms with Crippen molar-refractivity contribution >= 4 is 67.8 Å². The van der Waals surface area contributed by atoms with Crippen molar-refractivity contribution in [3.8, 4) is 0 Å². The van der Waals surface area contributed by atoms with E-state index >= 15 is 0 Å². The standard InChI is InChI=1S/C5H8I2.C5H9IO.CH4/c1-4(3-6)5(2)7;1-4(3-7)5(2)6;/h4H,2-3H2,1H3;4,7H,2-3H2,1H3;1H4/t2*4-;/m11./s1. The smallest absolute Gasteiger partial charge is 0.0501 e. The molecule has 0 bridgehead atoms. The van der Waals surface area contributed by atoms with Crippen molar-refractivity contribution in [1.82, 2.24) is 0 Å². The Bertz CT molecular complexity index is 161. The minimum atomic E-state index is 0. The van der Waals surface area contributed by atoms with Crippen LogP contribution >= 0.6 is 67.8 Å². The highest BCUT2D eigenvalue weighted by molar-refractivity contribution is 14.1. The summed E-state index contributed by atoms with van der Waals surface area (Å²) in [5.74, 6) is 0.932. The fourth-order valence-corrected chi connectivity index (χ4v) is 1.97. The van der Waals surface area contributed by atoms with Gasteiger partial charge >= 0.3 is 0 Å². The van der Waals surface area contributed by atoms with E-state index < -0.39 is 0 Å². The van der Waals surface area contributed by atoms with Crippen LogP contribution in [0.15, 0.2) is 20.3 Å². The van der Waals surface area contributed by atoms with Gasteiger partial charge in [-0.15, -0.1) is 0 Å². The third kappa shape index (κ3) is 15.6. The van der Waals surface area contributed by atoms with Crippen molar-refractivity contribution in [3.63, 3.8) is 0 Å². The van der Waals surface area contributed by atoms with Gasteiger partial charge in [-0.05, 0) is 58.3 Å². The lowest BCUT2D eigenvalue weighted by Crippen LogP contribution is -1.97. The second kappa shape index (κ2) is 13.7. The highest BCUT2D eigenvalue weighted by atomic mass is 127. The highest BCUT2D eigenvalue weighted by Gasteiger charge is 1.98. The fourth-order valence-electron chi connectivity index (χ4n) is 0.183. The van der Waals surface area contributed by atoms with E-state index in [1.807, 2.05) is 6.92 Å². The Morgan fingerprint density at radius 3 is 1.47 bits per heavy atom. The van der Waals surface area contributed by atoms with Crippen LogP contribution in [-0.2, 0) is 0 Å². The van der Waals surface area contributed by atoms with Crippen molar-refractivity contribution in [2.75, 3.05) is 11.0 Å². The molecular weight excluding hydrogens is 529 g/mol. The minimum Gasteiger partial charge on any atom is -0.396 e. The first-order valence-electron chi connectivity index (χ1n) is 4.22. The first-order valence-corrected chi connectivity index (χ1v) is 7.90. The van der Waals surface area contributed by atoms with Crippen LogP contribution in [0, 0.1) is 11.8 Å². The average molecular weight is 550 g/mol. The van der Waals surface area contributed by atoms with Crippen LogP contribution in [0.2, 0.25) is 0 Å². The van der Waals surface area contributed by atoms with E-state index in [2.05, 4.69) is 87.9 Å². The number of aliphatic hydroxyl groups excluding tert-OH is 1. The van der Waals surface area contributed by atoms with Crippen molar-refractivity contribution in [3.05, 3.63) is 20.3 Å². The van der Waals surface area contributed by atoms with E-state index in [0.717, 1.165) is 3.58 Å². The van der Waals surface area contributed by atoms with Gasteiger partial charge < -0.3 is 5.11 Å². The Hall–Kier alpha value is 1.63. The first-order chi connectivity index (χ1) is 6.36. The van der Waals surface area contributed by atoms with E-state index in [9.17, 15) is 0 Å². The summed E-state index contributed by atoms with van der Waals surface area (Å²) >= 11 is 6.75. The number of aliphatic hydroxyl groups is 1. The summed E-state index contributed by atoms with van der Waals surface area (Å²) in [6.45, 7) is 11.8. The molecule has 0 saturated carbocycles. The van der Waals surface area contributed by atoms with Crippen molar-refractivity contribution in [1.29, 1.82) is 0 Å². The molecule has 0 aliphatic heterocycles. The SMILES string of the molecule is C.C=C(I)[C@H](C)CI.C=C(I)[C@H](C)CO. The number of hydrogen-bond donors (Lipinski definition) is 1. The summed E-state index contributed by atoms with van der Waals surface area (Å²) in [4.78, 5) is 0. The fraction of sp³-hybridized carbons (Fsp3) is 0.636. The molecule has 4 heteroatoms. The maximum Gasteiger partial charge on any atom is 0.0501 e. The van der Waals surface area contributed by atoms with Crippen LogP contribution in [0.3, 0.4) is 0 Å².